The summed E-state index contributed by atoms with van der Waals surface area (Å²) in [6, 6.07) is 17.4. The van der Waals surface area contributed by atoms with E-state index in [4.69, 9.17) is 4.74 Å². The summed E-state index contributed by atoms with van der Waals surface area (Å²) in [6.07, 6.45) is 7.78. The molecule has 1 heterocycles. The van der Waals surface area contributed by atoms with Crippen molar-refractivity contribution in [2.75, 3.05) is 0 Å². The number of imide groups is 1. The quantitative estimate of drug-likeness (QED) is 0.446. The van der Waals surface area contributed by atoms with Crippen LogP contribution in [0.15, 0.2) is 71.9 Å². The molecule has 0 unspecified atom stereocenters. The van der Waals surface area contributed by atoms with Crippen LogP contribution in [0, 0.1) is 23.7 Å². The van der Waals surface area contributed by atoms with Gasteiger partial charge in [0.2, 0.25) is 0 Å². The second kappa shape index (κ2) is 7.32. The van der Waals surface area contributed by atoms with Crippen LogP contribution in [0.4, 0.5) is 0 Å². The summed E-state index contributed by atoms with van der Waals surface area (Å²) in [5, 5.41) is 5.33. The molecule has 2 aromatic carbocycles. The molecule has 3 aliphatic carbocycles. The molecule has 0 radical (unpaired) electrons. The van der Waals surface area contributed by atoms with Gasteiger partial charge >= 0.3 is 0 Å². The maximum Gasteiger partial charge on any atom is 0.254 e. The molecule has 1 saturated heterocycles. The number of amides is 2. The highest BCUT2D eigenvalue weighted by molar-refractivity contribution is 6.06. The molecule has 2 amide bonds. The normalized spacial score (nSPS) is 27.7. The number of fused-ring (bicyclic) bond motifs is 1. The molecule has 4 atom stereocenters. The lowest BCUT2D eigenvalue weighted by atomic mass is 9.63. The van der Waals surface area contributed by atoms with Gasteiger partial charge in [-0.3, -0.25) is 9.59 Å². The maximum absolute atomic E-state index is 12.8. The van der Waals surface area contributed by atoms with Crippen molar-refractivity contribution in [1.82, 2.24) is 5.01 Å². The standard InChI is InChI=1S/C24H22N2O3/c27-23-21-18-8-9-19(11-10-18)22(21)24(28)26(23)25-14-16-6-12-20(13-7-16)29-15-17-4-2-1-3-5-17/h1-9,12-14,18-19,21-22H,10-11,15H2/b25-14-/t18-,19+,21-,22-/m0/s1. The Hall–Kier alpha value is -3.21. The number of benzene rings is 2. The van der Waals surface area contributed by atoms with E-state index in [1.807, 2.05) is 54.6 Å². The zero-order valence-electron chi connectivity index (χ0n) is 16.0. The molecule has 1 saturated carbocycles. The monoisotopic (exact) mass is 386 g/mol. The van der Waals surface area contributed by atoms with Gasteiger partial charge in [0, 0.05) is 0 Å². The van der Waals surface area contributed by atoms with Gasteiger partial charge in [-0.05, 0) is 60.1 Å². The molecule has 2 bridgehead atoms. The highest BCUT2D eigenvalue weighted by Gasteiger charge is 2.56. The number of rotatable bonds is 5. The number of allylic oxidation sites excluding steroid dienone is 2. The van der Waals surface area contributed by atoms with Crippen molar-refractivity contribution in [1.29, 1.82) is 0 Å². The van der Waals surface area contributed by atoms with Gasteiger partial charge in [-0.1, -0.05) is 42.5 Å². The molecule has 0 spiro atoms. The lowest BCUT2D eigenvalue weighted by molar-refractivity contribution is -0.140. The molecule has 5 nitrogen and oxygen atoms in total. The predicted octanol–water partition coefficient (Wildman–Crippen LogP) is 3.80. The van der Waals surface area contributed by atoms with Crippen molar-refractivity contribution in [3.63, 3.8) is 0 Å². The van der Waals surface area contributed by atoms with E-state index in [1.54, 1.807) is 6.21 Å². The van der Waals surface area contributed by atoms with Crippen molar-refractivity contribution < 1.29 is 14.3 Å². The fourth-order valence-electron chi connectivity index (χ4n) is 4.69. The lowest BCUT2D eigenvalue weighted by Gasteiger charge is -2.37. The SMILES string of the molecule is O=C1[C@@H]2[C@@H](C(=O)N1/N=C\c1ccc(OCc3ccccc3)cc1)[C@H]1C=C[C@@H]2CC1. The van der Waals surface area contributed by atoms with Crippen LogP contribution in [0.1, 0.15) is 24.0 Å². The molecule has 6 rings (SSSR count). The van der Waals surface area contributed by atoms with Gasteiger partial charge in [0.1, 0.15) is 12.4 Å². The Labute approximate surface area is 169 Å². The summed E-state index contributed by atoms with van der Waals surface area (Å²) in [4.78, 5) is 25.5. The van der Waals surface area contributed by atoms with Crippen LogP contribution in [0.25, 0.3) is 0 Å². The van der Waals surface area contributed by atoms with Crippen LogP contribution >= 0.6 is 0 Å². The molecule has 2 aromatic rings. The number of carbonyl (C=O) groups excluding carboxylic acids is 2. The van der Waals surface area contributed by atoms with Gasteiger partial charge in [0.15, 0.2) is 0 Å². The molecule has 1 aliphatic heterocycles. The zero-order chi connectivity index (χ0) is 19.8. The number of hydrogen-bond donors (Lipinski definition) is 0. The van der Waals surface area contributed by atoms with Crippen molar-refractivity contribution in [3.05, 3.63) is 77.9 Å². The molecule has 29 heavy (non-hydrogen) atoms. The summed E-state index contributed by atoms with van der Waals surface area (Å²) in [5.41, 5.74) is 1.92. The minimum absolute atomic E-state index is 0.155. The van der Waals surface area contributed by atoms with Crippen LogP contribution in [0.2, 0.25) is 0 Å². The van der Waals surface area contributed by atoms with Crippen LogP contribution in [-0.4, -0.2) is 23.0 Å². The van der Waals surface area contributed by atoms with Crippen LogP contribution in [0.3, 0.4) is 0 Å². The molecule has 2 fully saturated rings. The first kappa shape index (κ1) is 17.9. The van der Waals surface area contributed by atoms with E-state index in [-0.39, 0.29) is 35.5 Å². The zero-order valence-corrected chi connectivity index (χ0v) is 16.0. The fraction of sp³-hybridized carbons (Fsp3) is 0.292. The highest BCUT2D eigenvalue weighted by Crippen LogP contribution is 2.49. The van der Waals surface area contributed by atoms with E-state index in [9.17, 15) is 9.59 Å². The number of hydrogen-bond acceptors (Lipinski definition) is 4. The Morgan fingerprint density at radius 2 is 1.52 bits per heavy atom. The van der Waals surface area contributed by atoms with Crippen LogP contribution in [-0.2, 0) is 16.2 Å². The molecular formula is C24H22N2O3. The first-order valence-electron chi connectivity index (χ1n) is 10.1. The number of nitrogens with zero attached hydrogens (tertiary/aromatic N) is 2. The highest BCUT2D eigenvalue weighted by atomic mass is 16.5. The topological polar surface area (TPSA) is 59.0 Å². The summed E-state index contributed by atoms with van der Waals surface area (Å²) in [5.74, 6) is 0.365. The lowest BCUT2D eigenvalue weighted by Crippen LogP contribution is -2.38. The Morgan fingerprint density at radius 3 is 2.10 bits per heavy atom. The van der Waals surface area contributed by atoms with Crippen LogP contribution in [0.5, 0.6) is 5.75 Å². The summed E-state index contributed by atoms with van der Waals surface area (Å²) in [7, 11) is 0. The van der Waals surface area contributed by atoms with Crippen molar-refractivity contribution in [2.45, 2.75) is 19.4 Å². The van der Waals surface area contributed by atoms with E-state index in [2.05, 4.69) is 17.3 Å². The molecule has 146 valence electrons. The first-order chi connectivity index (χ1) is 14.2. The molecule has 0 N–H and O–H groups in total. The number of hydrazone groups is 1. The minimum Gasteiger partial charge on any atom is -0.489 e. The third-order valence-electron chi connectivity index (χ3n) is 6.19. The number of carbonyl (C=O) groups is 2. The summed E-state index contributed by atoms with van der Waals surface area (Å²) < 4.78 is 5.78. The van der Waals surface area contributed by atoms with E-state index in [0.29, 0.717) is 6.61 Å². The molecule has 4 aliphatic rings. The van der Waals surface area contributed by atoms with Gasteiger partial charge in [-0.25, -0.2) is 0 Å². The third kappa shape index (κ3) is 3.27. The van der Waals surface area contributed by atoms with Crippen molar-refractivity contribution in [2.24, 2.45) is 28.8 Å². The van der Waals surface area contributed by atoms with Gasteiger partial charge in [0.25, 0.3) is 11.8 Å². The Morgan fingerprint density at radius 1 is 0.897 bits per heavy atom. The van der Waals surface area contributed by atoms with Crippen molar-refractivity contribution >= 4 is 18.0 Å². The van der Waals surface area contributed by atoms with E-state index in [1.165, 1.54) is 0 Å². The maximum atomic E-state index is 12.8. The summed E-state index contributed by atoms with van der Waals surface area (Å²) >= 11 is 0. The first-order valence-corrected chi connectivity index (χ1v) is 10.1. The molecular weight excluding hydrogens is 364 g/mol. The average Bonchev–Trinajstić information content (AvgIpc) is 3.05. The Balaban J connectivity index is 1.25. The molecule has 0 aromatic heterocycles. The van der Waals surface area contributed by atoms with Gasteiger partial charge in [-0.15, -0.1) is 0 Å². The van der Waals surface area contributed by atoms with E-state index < -0.39 is 0 Å². The third-order valence-corrected chi connectivity index (χ3v) is 6.19. The smallest absolute Gasteiger partial charge is 0.254 e. The Kier molecular flexibility index (Phi) is 4.51. The largest absolute Gasteiger partial charge is 0.489 e. The number of ether oxygens (including phenoxy) is 1. The average molecular weight is 386 g/mol. The second-order valence-electron chi connectivity index (χ2n) is 7.92. The predicted molar refractivity (Wildman–Crippen MR) is 109 cm³/mol. The van der Waals surface area contributed by atoms with Gasteiger partial charge in [-0.2, -0.15) is 10.1 Å². The Bertz CT molecular complexity index is 949. The van der Waals surface area contributed by atoms with E-state index in [0.717, 1.165) is 34.7 Å². The van der Waals surface area contributed by atoms with Crippen LogP contribution < -0.4 is 4.74 Å². The van der Waals surface area contributed by atoms with E-state index >= 15 is 0 Å². The minimum atomic E-state index is -0.225. The van der Waals surface area contributed by atoms with Gasteiger partial charge < -0.3 is 4.74 Å². The second-order valence-corrected chi connectivity index (χ2v) is 7.92. The fourth-order valence-corrected chi connectivity index (χ4v) is 4.69. The van der Waals surface area contributed by atoms with Gasteiger partial charge in [0.05, 0.1) is 18.1 Å². The van der Waals surface area contributed by atoms with Crippen molar-refractivity contribution in [3.8, 4) is 5.75 Å². The molecule has 5 heteroatoms. The summed E-state index contributed by atoms with van der Waals surface area (Å²) in [6.45, 7) is 0.504.